The number of nitro groups is 1. The molecular weight excluding hydrogens is 388 g/mol. The van der Waals surface area contributed by atoms with Crippen LogP contribution in [0.25, 0.3) is 0 Å². The normalized spacial score (nSPS) is 15.7. The molecule has 9 heteroatoms. The highest BCUT2D eigenvalue weighted by atomic mass is 16.6. The molecule has 0 radical (unpaired) electrons. The summed E-state index contributed by atoms with van der Waals surface area (Å²) in [4.78, 5) is 36.8. The van der Waals surface area contributed by atoms with Crippen molar-refractivity contribution in [3.8, 4) is 5.75 Å². The second-order valence-corrected chi connectivity index (χ2v) is 6.83. The van der Waals surface area contributed by atoms with E-state index in [-0.39, 0.29) is 23.9 Å². The van der Waals surface area contributed by atoms with E-state index in [1.807, 2.05) is 31.2 Å². The van der Waals surface area contributed by atoms with Crippen LogP contribution in [0.3, 0.4) is 0 Å². The fraction of sp³-hybridized carbons (Fsp3) is 0.333. The van der Waals surface area contributed by atoms with Gasteiger partial charge in [-0.15, -0.1) is 0 Å². The van der Waals surface area contributed by atoms with Crippen LogP contribution in [0.4, 0.5) is 17.1 Å². The summed E-state index contributed by atoms with van der Waals surface area (Å²) in [5, 5.41) is 16.6. The van der Waals surface area contributed by atoms with Gasteiger partial charge in [-0.25, -0.2) is 0 Å². The van der Waals surface area contributed by atoms with Crippen molar-refractivity contribution >= 4 is 28.9 Å². The molecule has 158 valence electrons. The summed E-state index contributed by atoms with van der Waals surface area (Å²) in [5.41, 5.74) is 1.43. The minimum atomic E-state index is -0.455. The van der Waals surface area contributed by atoms with Crippen LogP contribution in [0, 0.1) is 16.0 Å². The van der Waals surface area contributed by atoms with E-state index in [2.05, 4.69) is 10.6 Å². The molecule has 1 aliphatic rings. The zero-order valence-electron chi connectivity index (χ0n) is 16.7. The molecule has 0 aromatic heterocycles. The number of nitrogens with zero attached hydrogens (tertiary/aromatic N) is 2. The predicted molar refractivity (Wildman–Crippen MR) is 113 cm³/mol. The molecule has 2 aromatic carbocycles. The topological polar surface area (TPSA) is 114 Å². The number of nitrogens with one attached hydrogen (secondary N) is 2. The Morgan fingerprint density at radius 2 is 1.93 bits per heavy atom. The van der Waals surface area contributed by atoms with Crippen molar-refractivity contribution in [3.05, 3.63) is 58.6 Å². The van der Waals surface area contributed by atoms with Gasteiger partial charge in [0.2, 0.25) is 11.8 Å². The van der Waals surface area contributed by atoms with E-state index in [9.17, 15) is 19.7 Å². The van der Waals surface area contributed by atoms with Gasteiger partial charge in [0.15, 0.2) is 0 Å². The Hall–Kier alpha value is -3.62. The maximum atomic E-state index is 12.5. The SMILES string of the molecule is CCOc1ccccc1N1C[C@H](C(=O)NCCNc2ccc([N+](=O)[O-])cc2)CC1=O. The van der Waals surface area contributed by atoms with Crippen molar-refractivity contribution in [2.45, 2.75) is 13.3 Å². The second-order valence-electron chi connectivity index (χ2n) is 6.83. The van der Waals surface area contributed by atoms with Crippen molar-refractivity contribution in [1.29, 1.82) is 0 Å². The highest BCUT2D eigenvalue weighted by Crippen LogP contribution is 2.33. The Kier molecular flexibility index (Phi) is 6.84. The Morgan fingerprint density at radius 3 is 2.63 bits per heavy atom. The maximum Gasteiger partial charge on any atom is 0.269 e. The third-order valence-electron chi connectivity index (χ3n) is 4.78. The second kappa shape index (κ2) is 9.73. The number of anilines is 2. The van der Waals surface area contributed by atoms with Crippen LogP contribution >= 0.6 is 0 Å². The summed E-state index contributed by atoms with van der Waals surface area (Å²) < 4.78 is 5.60. The summed E-state index contributed by atoms with van der Waals surface area (Å²) in [6.07, 6.45) is 0.155. The van der Waals surface area contributed by atoms with E-state index in [1.54, 1.807) is 17.0 Å². The molecule has 0 unspecified atom stereocenters. The van der Waals surface area contributed by atoms with E-state index in [0.29, 0.717) is 37.7 Å². The lowest BCUT2D eigenvalue weighted by molar-refractivity contribution is -0.384. The lowest BCUT2D eigenvalue weighted by atomic mass is 10.1. The van der Waals surface area contributed by atoms with Gasteiger partial charge in [-0.2, -0.15) is 0 Å². The molecule has 1 heterocycles. The molecule has 2 aromatic rings. The quantitative estimate of drug-likeness (QED) is 0.372. The fourth-order valence-corrected chi connectivity index (χ4v) is 3.31. The number of carbonyl (C=O) groups is 2. The van der Waals surface area contributed by atoms with Gasteiger partial charge in [-0.05, 0) is 31.2 Å². The fourth-order valence-electron chi connectivity index (χ4n) is 3.31. The highest BCUT2D eigenvalue weighted by molar-refractivity contribution is 6.01. The third kappa shape index (κ3) is 5.05. The molecule has 0 saturated carbocycles. The van der Waals surface area contributed by atoms with E-state index in [0.717, 1.165) is 5.69 Å². The molecule has 2 N–H and O–H groups in total. The van der Waals surface area contributed by atoms with Crippen LogP contribution in [0.15, 0.2) is 48.5 Å². The van der Waals surface area contributed by atoms with Gasteiger partial charge < -0.3 is 20.3 Å². The maximum absolute atomic E-state index is 12.5. The zero-order valence-corrected chi connectivity index (χ0v) is 16.7. The first-order chi connectivity index (χ1) is 14.5. The van der Waals surface area contributed by atoms with Gasteiger partial charge in [0.05, 0.1) is 23.1 Å². The summed E-state index contributed by atoms with van der Waals surface area (Å²) in [5.74, 6) is -0.0789. The van der Waals surface area contributed by atoms with Crippen LogP contribution < -0.4 is 20.3 Å². The summed E-state index contributed by atoms with van der Waals surface area (Å²) in [7, 11) is 0. The lowest BCUT2D eigenvalue weighted by Gasteiger charge is -2.20. The van der Waals surface area contributed by atoms with Crippen LogP contribution in [0.5, 0.6) is 5.75 Å². The Bertz CT molecular complexity index is 916. The Morgan fingerprint density at radius 1 is 1.20 bits per heavy atom. The number of hydrogen-bond acceptors (Lipinski definition) is 6. The lowest BCUT2D eigenvalue weighted by Crippen LogP contribution is -2.35. The monoisotopic (exact) mass is 412 g/mol. The van der Waals surface area contributed by atoms with Crippen LogP contribution in [-0.2, 0) is 9.59 Å². The zero-order chi connectivity index (χ0) is 21.5. The molecule has 3 rings (SSSR count). The van der Waals surface area contributed by atoms with E-state index in [4.69, 9.17) is 4.74 Å². The molecular formula is C21H24N4O5. The van der Waals surface area contributed by atoms with Gasteiger partial charge in [0.25, 0.3) is 5.69 Å². The smallest absolute Gasteiger partial charge is 0.269 e. The van der Waals surface area contributed by atoms with Gasteiger partial charge in [-0.3, -0.25) is 19.7 Å². The largest absolute Gasteiger partial charge is 0.492 e. The molecule has 30 heavy (non-hydrogen) atoms. The first kappa shape index (κ1) is 21.1. The van der Waals surface area contributed by atoms with Gasteiger partial charge in [-0.1, -0.05) is 12.1 Å². The molecule has 1 fully saturated rings. The number of carbonyl (C=O) groups excluding carboxylic acids is 2. The molecule has 0 aliphatic carbocycles. The average molecular weight is 412 g/mol. The van der Waals surface area contributed by atoms with Crippen LogP contribution in [0.1, 0.15) is 13.3 Å². The van der Waals surface area contributed by atoms with E-state index in [1.165, 1.54) is 12.1 Å². The predicted octanol–water partition coefficient (Wildman–Crippen LogP) is 2.57. The number of amides is 2. The number of rotatable bonds is 9. The number of para-hydroxylation sites is 2. The summed E-state index contributed by atoms with van der Waals surface area (Å²) in [6, 6.07) is 13.4. The Labute approximate surface area is 174 Å². The number of benzene rings is 2. The van der Waals surface area contributed by atoms with Gasteiger partial charge in [0, 0.05) is 43.9 Å². The van der Waals surface area contributed by atoms with Gasteiger partial charge in [0.1, 0.15) is 5.75 Å². The van der Waals surface area contributed by atoms with Crippen molar-refractivity contribution in [2.24, 2.45) is 5.92 Å². The summed E-state index contributed by atoms with van der Waals surface area (Å²) >= 11 is 0. The molecule has 2 amide bonds. The standard InChI is InChI=1S/C21H24N4O5/c1-2-30-19-6-4-3-5-18(19)24-14-15(13-20(24)26)21(27)23-12-11-22-16-7-9-17(10-8-16)25(28)29/h3-10,15,22H,2,11-14H2,1H3,(H,23,27)/t15-/m1/s1. The van der Waals surface area contributed by atoms with Crippen LogP contribution in [0.2, 0.25) is 0 Å². The number of ether oxygens (including phenoxy) is 1. The number of nitro benzene ring substituents is 1. The highest BCUT2D eigenvalue weighted by Gasteiger charge is 2.36. The van der Waals surface area contributed by atoms with Crippen LogP contribution in [-0.4, -0.2) is 43.0 Å². The molecule has 0 spiro atoms. The molecule has 0 bridgehead atoms. The summed E-state index contributed by atoms with van der Waals surface area (Å²) in [6.45, 7) is 3.51. The molecule has 9 nitrogen and oxygen atoms in total. The minimum absolute atomic E-state index is 0.0233. The van der Waals surface area contributed by atoms with Crippen molar-refractivity contribution in [3.63, 3.8) is 0 Å². The molecule has 1 aliphatic heterocycles. The first-order valence-electron chi connectivity index (χ1n) is 9.77. The number of hydrogen-bond donors (Lipinski definition) is 2. The molecule has 1 atom stereocenters. The van der Waals surface area contributed by atoms with E-state index >= 15 is 0 Å². The molecule has 1 saturated heterocycles. The Balaban J connectivity index is 1.48. The average Bonchev–Trinajstić information content (AvgIpc) is 3.13. The minimum Gasteiger partial charge on any atom is -0.492 e. The number of non-ortho nitro benzene ring substituents is 1. The van der Waals surface area contributed by atoms with Gasteiger partial charge >= 0.3 is 0 Å². The third-order valence-corrected chi connectivity index (χ3v) is 4.78. The van der Waals surface area contributed by atoms with Crippen molar-refractivity contribution in [1.82, 2.24) is 5.32 Å². The van der Waals surface area contributed by atoms with Crippen molar-refractivity contribution in [2.75, 3.05) is 36.5 Å². The van der Waals surface area contributed by atoms with E-state index < -0.39 is 10.8 Å². The van der Waals surface area contributed by atoms with Crippen molar-refractivity contribution < 1.29 is 19.2 Å². The first-order valence-corrected chi connectivity index (χ1v) is 9.77.